The van der Waals surface area contributed by atoms with E-state index in [0.29, 0.717) is 6.04 Å². The Hall–Kier alpha value is -0.900. The molecule has 2 atom stereocenters. The van der Waals surface area contributed by atoms with Gasteiger partial charge in [0.15, 0.2) is 0 Å². The van der Waals surface area contributed by atoms with E-state index in [9.17, 15) is 0 Å². The maximum Gasteiger partial charge on any atom is 0.0593 e. The topological polar surface area (TPSA) is 38.5 Å². The molecule has 3 nitrogen and oxygen atoms in total. The molecule has 0 bridgehead atoms. The van der Waals surface area contributed by atoms with Crippen LogP contribution in [0.3, 0.4) is 0 Å². The first-order valence-corrected chi connectivity index (χ1v) is 7.87. The summed E-state index contributed by atoms with van der Waals surface area (Å²) in [6.45, 7) is 2.76. The van der Waals surface area contributed by atoms with Gasteiger partial charge in [-0.2, -0.15) is 0 Å². The molecule has 0 heterocycles. The van der Waals surface area contributed by atoms with Crippen molar-refractivity contribution < 1.29 is 4.74 Å². The molecule has 3 heteroatoms. The zero-order chi connectivity index (χ0) is 13.9. The Labute approximate surface area is 122 Å². The Kier molecular flexibility index (Phi) is 4.39. The third kappa shape index (κ3) is 3.22. The number of aryl methyl sites for hydroxylation is 1. The molecular weight excluding hydrogens is 248 g/mol. The number of rotatable bonds is 6. The molecule has 1 aromatic carbocycles. The predicted octanol–water partition coefficient (Wildman–Crippen LogP) is 2.36. The Morgan fingerprint density at radius 3 is 2.85 bits per heavy atom. The molecule has 2 unspecified atom stereocenters. The molecule has 0 aliphatic heterocycles. The van der Waals surface area contributed by atoms with Crippen LogP contribution >= 0.6 is 0 Å². The van der Waals surface area contributed by atoms with Crippen molar-refractivity contribution in [2.24, 2.45) is 11.7 Å². The third-order valence-corrected chi connectivity index (χ3v) is 4.74. The monoisotopic (exact) mass is 274 g/mol. The van der Waals surface area contributed by atoms with Crippen molar-refractivity contribution in [1.29, 1.82) is 0 Å². The van der Waals surface area contributed by atoms with Gasteiger partial charge in [0.25, 0.3) is 0 Å². The van der Waals surface area contributed by atoms with Crippen molar-refractivity contribution in [3.63, 3.8) is 0 Å². The first kappa shape index (κ1) is 14.1. The second-order valence-corrected chi connectivity index (χ2v) is 6.33. The summed E-state index contributed by atoms with van der Waals surface area (Å²) < 4.78 is 5.74. The molecule has 0 radical (unpaired) electrons. The molecule has 0 spiro atoms. The van der Waals surface area contributed by atoms with Crippen LogP contribution in [0.15, 0.2) is 24.3 Å². The lowest BCUT2D eigenvalue weighted by Gasteiger charge is -2.37. The summed E-state index contributed by atoms with van der Waals surface area (Å²) in [5.41, 5.74) is 9.23. The van der Waals surface area contributed by atoms with Crippen LogP contribution in [0.4, 0.5) is 0 Å². The molecule has 20 heavy (non-hydrogen) atoms. The number of benzene rings is 1. The minimum atomic E-state index is 0.133. The number of nitrogens with zero attached hydrogens (tertiary/aromatic N) is 1. The summed E-state index contributed by atoms with van der Waals surface area (Å²) in [5.74, 6) is 0.851. The Balaban J connectivity index is 1.51. The molecule has 2 aliphatic rings. The highest BCUT2D eigenvalue weighted by molar-refractivity contribution is 5.33. The summed E-state index contributed by atoms with van der Waals surface area (Å²) >= 11 is 0. The van der Waals surface area contributed by atoms with Crippen molar-refractivity contribution in [1.82, 2.24) is 4.90 Å². The van der Waals surface area contributed by atoms with Gasteiger partial charge in [0.2, 0.25) is 0 Å². The summed E-state index contributed by atoms with van der Waals surface area (Å²) in [6.07, 6.45) is 5.01. The molecule has 110 valence electrons. The molecule has 0 saturated heterocycles. The first-order chi connectivity index (χ1) is 9.75. The number of fused-ring (bicyclic) bond motifs is 1. The van der Waals surface area contributed by atoms with Crippen molar-refractivity contribution in [3.05, 3.63) is 35.4 Å². The smallest absolute Gasteiger partial charge is 0.0593 e. The van der Waals surface area contributed by atoms with E-state index in [1.807, 2.05) is 0 Å². The SMILES string of the molecule is CN(CCOCC1CC1)C1CCc2ccccc2C1N. The van der Waals surface area contributed by atoms with Crippen LogP contribution in [-0.4, -0.2) is 37.7 Å². The standard InChI is InChI=1S/C17H26N2O/c1-19(10-11-20-12-13-6-7-13)16-9-8-14-4-2-3-5-15(14)17(16)18/h2-5,13,16-17H,6-12,18H2,1H3. The zero-order valence-corrected chi connectivity index (χ0v) is 12.4. The molecule has 1 saturated carbocycles. The Bertz CT molecular complexity index is 444. The van der Waals surface area contributed by atoms with Gasteiger partial charge in [-0.05, 0) is 49.8 Å². The van der Waals surface area contributed by atoms with Gasteiger partial charge in [-0.3, -0.25) is 4.90 Å². The van der Waals surface area contributed by atoms with Crippen molar-refractivity contribution >= 4 is 0 Å². The molecule has 0 amide bonds. The van der Waals surface area contributed by atoms with E-state index in [2.05, 4.69) is 36.2 Å². The van der Waals surface area contributed by atoms with Crippen molar-refractivity contribution in [2.45, 2.75) is 37.8 Å². The highest BCUT2D eigenvalue weighted by Gasteiger charge is 2.29. The van der Waals surface area contributed by atoms with Gasteiger partial charge in [0.1, 0.15) is 0 Å². The maximum atomic E-state index is 6.47. The lowest BCUT2D eigenvalue weighted by molar-refractivity contribution is 0.0832. The van der Waals surface area contributed by atoms with Crippen LogP contribution < -0.4 is 5.73 Å². The normalized spacial score (nSPS) is 25.8. The number of likely N-dealkylation sites (N-methyl/N-ethyl adjacent to an activating group) is 1. The lowest BCUT2D eigenvalue weighted by atomic mass is 9.84. The van der Waals surface area contributed by atoms with Gasteiger partial charge in [-0.1, -0.05) is 24.3 Å². The van der Waals surface area contributed by atoms with E-state index >= 15 is 0 Å². The minimum absolute atomic E-state index is 0.133. The molecule has 0 aromatic heterocycles. The fourth-order valence-corrected chi connectivity index (χ4v) is 3.18. The van der Waals surface area contributed by atoms with Crippen molar-refractivity contribution in [2.75, 3.05) is 26.8 Å². The van der Waals surface area contributed by atoms with Crippen LogP contribution in [0.5, 0.6) is 0 Å². The molecule has 1 fully saturated rings. The van der Waals surface area contributed by atoms with Crippen LogP contribution in [0.1, 0.15) is 36.4 Å². The van der Waals surface area contributed by atoms with E-state index < -0.39 is 0 Å². The van der Waals surface area contributed by atoms with E-state index in [0.717, 1.165) is 38.5 Å². The quantitative estimate of drug-likeness (QED) is 0.809. The minimum Gasteiger partial charge on any atom is -0.380 e. The molecule has 3 rings (SSSR count). The van der Waals surface area contributed by atoms with Crippen LogP contribution in [-0.2, 0) is 11.2 Å². The maximum absolute atomic E-state index is 6.47. The molecule has 2 N–H and O–H groups in total. The van der Waals surface area contributed by atoms with Gasteiger partial charge >= 0.3 is 0 Å². The van der Waals surface area contributed by atoms with Crippen LogP contribution in [0, 0.1) is 5.92 Å². The zero-order valence-electron chi connectivity index (χ0n) is 12.4. The van der Waals surface area contributed by atoms with E-state index in [-0.39, 0.29) is 6.04 Å². The van der Waals surface area contributed by atoms with Crippen LogP contribution in [0.2, 0.25) is 0 Å². The van der Waals surface area contributed by atoms with Gasteiger partial charge in [-0.15, -0.1) is 0 Å². The van der Waals surface area contributed by atoms with Gasteiger partial charge in [0.05, 0.1) is 6.61 Å². The van der Waals surface area contributed by atoms with Gasteiger partial charge in [-0.25, -0.2) is 0 Å². The Morgan fingerprint density at radius 2 is 2.05 bits per heavy atom. The van der Waals surface area contributed by atoms with E-state index in [4.69, 9.17) is 10.5 Å². The number of hydrogen-bond acceptors (Lipinski definition) is 3. The summed E-state index contributed by atoms with van der Waals surface area (Å²) in [4.78, 5) is 2.38. The third-order valence-electron chi connectivity index (χ3n) is 4.74. The highest BCUT2D eigenvalue weighted by atomic mass is 16.5. The van der Waals surface area contributed by atoms with Gasteiger partial charge < -0.3 is 10.5 Å². The second-order valence-electron chi connectivity index (χ2n) is 6.33. The average Bonchev–Trinajstić information content (AvgIpc) is 3.28. The predicted molar refractivity (Wildman–Crippen MR) is 81.7 cm³/mol. The largest absolute Gasteiger partial charge is 0.380 e. The molecular formula is C17H26N2O. The summed E-state index contributed by atoms with van der Waals surface area (Å²) in [6, 6.07) is 9.18. The second kappa shape index (κ2) is 6.25. The number of ether oxygens (including phenoxy) is 1. The number of hydrogen-bond donors (Lipinski definition) is 1. The highest BCUT2D eigenvalue weighted by Crippen LogP contribution is 2.31. The summed E-state index contributed by atoms with van der Waals surface area (Å²) in [5, 5.41) is 0. The fourth-order valence-electron chi connectivity index (χ4n) is 3.18. The van der Waals surface area contributed by atoms with Crippen molar-refractivity contribution in [3.8, 4) is 0 Å². The average molecular weight is 274 g/mol. The van der Waals surface area contributed by atoms with E-state index in [1.165, 1.54) is 24.0 Å². The first-order valence-electron chi connectivity index (χ1n) is 7.87. The fraction of sp³-hybridized carbons (Fsp3) is 0.647. The van der Waals surface area contributed by atoms with E-state index in [1.54, 1.807) is 0 Å². The molecule has 2 aliphatic carbocycles. The van der Waals surface area contributed by atoms with Crippen LogP contribution in [0.25, 0.3) is 0 Å². The summed E-state index contributed by atoms with van der Waals surface area (Å²) in [7, 11) is 2.18. The lowest BCUT2D eigenvalue weighted by Crippen LogP contribution is -2.44. The Morgan fingerprint density at radius 1 is 1.25 bits per heavy atom. The molecule has 1 aromatic rings. The number of nitrogens with two attached hydrogens (primary N) is 1. The van der Waals surface area contributed by atoms with Gasteiger partial charge in [0, 0.05) is 25.2 Å².